The highest BCUT2D eigenvalue weighted by atomic mass is 16.3. The first-order chi connectivity index (χ1) is 11.2. The van der Waals surface area contributed by atoms with E-state index in [1.807, 2.05) is 4.90 Å². The SMILES string of the molecule is CCC1(CO)CCCN(C(=O)C2CCc3ccccc3CC2)C1. The number of aliphatic hydroxyl groups excluding tert-OH is 1. The number of hydrogen-bond acceptors (Lipinski definition) is 2. The van der Waals surface area contributed by atoms with E-state index in [0.29, 0.717) is 5.91 Å². The number of carbonyl (C=O) groups excluding carboxylic acids is 1. The summed E-state index contributed by atoms with van der Waals surface area (Å²) < 4.78 is 0. The van der Waals surface area contributed by atoms with Gasteiger partial charge in [0.05, 0.1) is 6.61 Å². The monoisotopic (exact) mass is 315 g/mol. The number of aliphatic hydroxyl groups is 1. The summed E-state index contributed by atoms with van der Waals surface area (Å²) >= 11 is 0. The Bertz CT molecular complexity index is 523. The molecule has 1 aromatic carbocycles. The van der Waals surface area contributed by atoms with E-state index in [4.69, 9.17) is 0 Å². The van der Waals surface area contributed by atoms with Gasteiger partial charge in [-0.3, -0.25) is 4.79 Å². The fourth-order valence-corrected chi connectivity index (χ4v) is 4.28. The van der Waals surface area contributed by atoms with Crippen LogP contribution in [0.1, 0.15) is 50.2 Å². The van der Waals surface area contributed by atoms with E-state index in [-0.39, 0.29) is 17.9 Å². The van der Waals surface area contributed by atoms with Crippen LogP contribution in [0.2, 0.25) is 0 Å². The minimum absolute atomic E-state index is 0.0679. The van der Waals surface area contributed by atoms with Crippen LogP contribution in [0.15, 0.2) is 24.3 Å². The summed E-state index contributed by atoms with van der Waals surface area (Å²) in [5.41, 5.74) is 2.76. The van der Waals surface area contributed by atoms with Gasteiger partial charge in [-0.25, -0.2) is 0 Å². The van der Waals surface area contributed by atoms with Crippen LogP contribution in [0, 0.1) is 11.3 Å². The molecule has 1 unspecified atom stereocenters. The number of hydrogen-bond donors (Lipinski definition) is 1. The lowest BCUT2D eigenvalue weighted by molar-refractivity contribution is -0.140. The minimum atomic E-state index is -0.0679. The molecule has 1 N–H and O–H groups in total. The highest BCUT2D eigenvalue weighted by molar-refractivity contribution is 5.79. The van der Waals surface area contributed by atoms with Gasteiger partial charge in [0.1, 0.15) is 0 Å². The molecule has 126 valence electrons. The van der Waals surface area contributed by atoms with E-state index in [0.717, 1.165) is 58.0 Å². The lowest BCUT2D eigenvalue weighted by Gasteiger charge is -2.42. The molecule has 1 aliphatic carbocycles. The fourth-order valence-electron chi connectivity index (χ4n) is 4.28. The topological polar surface area (TPSA) is 40.5 Å². The zero-order chi connectivity index (χ0) is 16.3. The van der Waals surface area contributed by atoms with Crippen LogP contribution in [0.25, 0.3) is 0 Å². The van der Waals surface area contributed by atoms with Crippen molar-refractivity contribution in [3.05, 3.63) is 35.4 Å². The lowest BCUT2D eigenvalue weighted by atomic mass is 9.78. The van der Waals surface area contributed by atoms with Gasteiger partial charge in [-0.1, -0.05) is 31.2 Å². The normalized spacial score (nSPS) is 25.7. The molecule has 1 heterocycles. The summed E-state index contributed by atoms with van der Waals surface area (Å²) in [5.74, 6) is 0.470. The predicted octanol–water partition coefficient (Wildman–Crippen LogP) is 3.19. The second-order valence-electron chi connectivity index (χ2n) is 7.42. The maximum atomic E-state index is 13.0. The van der Waals surface area contributed by atoms with Crippen molar-refractivity contribution in [2.24, 2.45) is 11.3 Å². The molecule has 1 atom stereocenters. The smallest absolute Gasteiger partial charge is 0.225 e. The van der Waals surface area contributed by atoms with Crippen LogP contribution in [0.5, 0.6) is 0 Å². The van der Waals surface area contributed by atoms with Gasteiger partial charge in [0.2, 0.25) is 5.91 Å². The molecule has 0 aromatic heterocycles. The highest BCUT2D eigenvalue weighted by Gasteiger charge is 2.37. The van der Waals surface area contributed by atoms with E-state index in [1.54, 1.807) is 0 Å². The van der Waals surface area contributed by atoms with Crippen molar-refractivity contribution in [1.82, 2.24) is 4.90 Å². The molecule has 1 amide bonds. The van der Waals surface area contributed by atoms with Crippen molar-refractivity contribution < 1.29 is 9.90 Å². The molecule has 0 radical (unpaired) electrons. The van der Waals surface area contributed by atoms with E-state index in [9.17, 15) is 9.90 Å². The Morgan fingerprint density at radius 2 is 1.91 bits per heavy atom. The van der Waals surface area contributed by atoms with Gasteiger partial charge in [0.15, 0.2) is 0 Å². The molecule has 0 spiro atoms. The number of nitrogens with zero attached hydrogens (tertiary/aromatic N) is 1. The first-order valence-electron chi connectivity index (χ1n) is 9.14. The highest BCUT2D eigenvalue weighted by Crippen LogP contribution is 2.34. The van der Waals surface area contributed by atoms with Crippen LogP contribution in [0.3, 0.4) is 0 Å². The molecule has 1 aromatic rings. The molecule has 2 aliphatic rings. The molecule has 3 rings (SSSR count). The molecule has 1 fully saturated rings. The summed E-state index contributed by atoms with van der Waals surface area (Å²) in [4.78, 5) is 15.1. The number of rotatable bonds is 3. The van der Waals surface area contributed by atoms with Gasteiger partial charge in [-0.15, -0.1) is 0 Å². The van der Waals surface area contributed by atoms with Gasteiger partial charge < -0.3 is 10.0 Å². The van der Waals surface area contributed by atoms with E-state index in [1.165, 1.54) is 11.1 Å². The van der Waals surface area contributed by atoms with Crippen LogP contribution in [-0.2, 0) is 17.6 Å². The van der Waals surface area contributed by atoms with Crippen molar-refractivity contribution in [3.63, 3.8) is 0 Å². The van der Waals surface area contributed by atoms with Crippen molar-refractivity contribution in [1.29, 1.82) is 0 Å². The van der Waals surface area contributed by atoms with Gasteiger partial charge in [-0.2, -0.15) is 0 Å². The van der Waals surface area contributed by atoms with Crippen LogP contribution >= 0.6 is 0 Å². The fraction of sp³-hybridized carbons (Fsp3) is 0.650. The standard InChI is InChI=1S/C20H29NO2/c1-2-20(15-22)12-5-13-21(14-20)19(23)18-10-8-16-6-3-4-7-17(16)9-11-18/h3-4,6-7,18,22H,2,5,8-15H2,1H3. The number of amides is 1. The molecule has 3 heteroatoms. The lowest BCUT2D eigenvalue weighted by Crippen LogP contribution is -2.49. The van der Waals surface area contributed by atoms with E-state index in [2.05, 4.69) is 31.2 Å². The maximum Gasteiger partial charge on any atom is 0.225 e. The molecule has 1 saturated heterocycles. The predicted molar refractivity (Wildman–Crippen MR) is 92.2 cm³/mol. The molecule has 23 heavy (non-hydrogen) atoms. The molecule has 1 aliphatic heterocycles. The number of aryl methyl sites for hydroxylation is 2. The number of likely N-dealkylation sites (tertiary alicyclic amines) is 1. The number of carbonyl (C=O) groups is 1. The third-order valence-corrected chi connectivity index (χ3v) is 6.05. The Balaban J connectivity index is 1.67. The zero-order valence-electron chi connectivity index (χ0n) is 14.3. The van der Waals surface area contributed by atoms with Gasteiger partial charge in [-0.05, 0) is 56.1 Å². The van der Waals surface area contributed by atoms with Crippen molar-refractivity contribution in [3.8, 4) is 0 Å². The summed E-state index contributed by atoms with van der Waals surface area (Å²) in [6, 6.07) is 8.61. The number of piperidine rings is 1. The third kappa shape index (κ3) is 3.45. The van der Waals surface area contributed by atoms with E-state index < -0.39 is 0 Å². The van der Waals surface area contributed by atoms with Crippen molar-refractivity contribution in [2.75, 3.05) is 19.7 Å². The van der Waals surface area contributed by atoms with Crippen LogP contribution < -0.4 is 0 Å². The van der Waals surface area contributed by atoms with Gasteiger partial charge in [0.25, 0.3) is 0 Å². The van der Waals surface area contributed by atoms with Crippen LogP contribution in [-0.4, -0.2) is 35.6 Å². The average Bonchev–Trinajstić information content (AvgIpc) is 2.84. The molecular weight excluding hydrogens is 286 g/mol. The summed E-state index contributed by atoms with van der Waals surface area (Å²) in [6.07, 6.45) is 6.96. The van der Waals surface area contributed by atoms with Gasteiger partial charge >= 0.3 is 0 Å². The quantitative estimate of drug-likeness (QED) is 0.870. The largest absolute Gasteiger partial charge is 0.396 e. The molecule has 3 nitrogen and oxygen atoms in total. The third-order valence-electron chi connectivity index (χ3n) is 6.05. The Kier molecular flexibility index (Phi) is 5.05. The molecule has 0 saturated carbocycles. The van der Waals surface area contributed by atoms with E-state index >= 15 is 0 Å². The second kappa shape index (κ2) is 7.04. The van der Waals surface area contributed by atoms with Gasteiger partial charge in [0, 0.05) is 24.4 Å². The average molecular weight is 315 g/mol. The second-order valence-corrected chi connectivity index (χ2v) is 7.42. The zero-order valence-corrected chi connectivity index (χ0v) is 14.3. The molecule has 0 bridgehead atoms. The number of benzene rings is 1. The first kappa shape index (κ1) is 16.5. The minimum Gasteiger partial charge on any atom is -0.396 e. The first-order valence-corrected chi connectivity index (χ1v) is 9.14. The maximum absolute atomic E-state index is 13.0. The summed E-state index contributed by atoms with van der Waals surface area (Å²) in [6.45, 7) is 3.93. The summed E-state index contributed by atoms with van der Waals surface area (Å²) in [7, 11) is 0. The number of fused-ring (bicyclic) bond motifs is 1. The van der Waals surface area contributed by atoms with Crippen LogP contribution in [0.4, 0.5) is 0 Å². The Labute approximate surface area is 139 Å². The summed E-state index contributed by atoms with van der Waals surface area (Å²) in [5, 5.41) is 9.78. The Morgan fingerprint density at radius 1 is 1.26 bits per heavy atom. The molecular formula is C20H29NO2. The van der Waals surface area contributed by atoms with Crippen molar-refractivity contribution >= 4 is 5.91 Å². The Morgan fingerprint density at radius 3 is 2.48 bits per heavy atom. The Hall–Kier alpha value is -1.35. The van der Waals surface area contributed by atoms with Crippen molar-refractivity contribution in [2.45, 2.75) is 51.9 Å².